The Morgan fingerprint density at radius 3 is 2.50 bits per heavy atom. The highest BCUT2D eigenvalue weighted by atomic mass is 16.5. The second-order valence-electron chi connectivity index (χ2n) is 5.18. The van der Waals surface area contributed by atoms with Gasteiger partial charge in [-0.3, -0.25) is 4.68 Å². The molecule has 1 aromatic heterocycles. The number of likely N-dealkylation sites (N-methyl/N-ethyl adjacent to an activating group) is 1. The van der Waals surface area contributed by atoms with Crippen molar-refractivity contribution in [2.75, 3.05) is 20.8 Å². The predicted octanol–water partition coefficient (Wildman–Crippen LogP) is 2.77. The van der Waals surface area contributed by atoms with Crippen LogP contribution in [0.1, 0.15) is 52.3 Å². The molecule has 116 valence electrons. The Balaban J connectivity index is 3.29. The summed E-state index contributed by atoms with van der Waals surface area (Å²) >= 11 is 0. The van der Waals surface area contributed by atoms with E-state index in [-0.39, 0.29) is 11.6 Å². The monoisotopic (exact) mass is 283 g/mol. The van der Waals surface area contributed by atoms with Crippen LogP contribution in [-0.2, 0) is 11.3 Å². The summed E-state index contributed by atoms with van der Waals surface area (Å²) in [7, 11) is 3.46. The van der Waals surface area contributed by atoms with Crippen LogP contribution >= 0.6 is 0 Å². The van der Waals surface area contributed by atoms with E-state index in [1.165, 1.54) is 0 Å². The van der Waals surface area contributed by atoms with Gasteiger partial charge in [0.25, 0.3) is 0 Å². The van der Waals surface area contributed by atoms with Crippen molar-refractivity contribution >= 4 is 0 Å². The molecule has 0 aliphatic rings. The van der Waals surface area contributed by atoms with Gasteiger partial charge in [-0.1, -0.05) is 20.8 Å². The number of hydrogen-bond donors (Lipinski definition) is 1. The molecular formula is C15H29N3O2. The first kappa shape index (κ1) is 17.0. The van der Waals surface area contributed by atoms with Crippen LogP contribution in [0.4, 0.5) is 0 Å². The summed E-state index contributed by atoms with van der Waals surface area (Å²) in [5.41, 5.74) is 0.775. The minimum absolute atomic E-state index is 0.0477. The molecule has 1 heterocycles. The summed E-state index contributed by atoms with van der Waals surface area (Å²) in [6.45, 7) is 10.3. The van der Waals surface area contributed by atoms with Crippen molar-refractivity contribution in [2.45, 2.75) is 58.7 Å². The maximum Gasteiger partial charge on any atom is 0.161 e. The molecule has 0 radical (unpaired) electrons. The molecule has 0 fully saturated rings. The van der Waals surface area contributed by atoms with Gasteiger partial charge in [0.2, 0.25) is 0 Å². The van der Waals surface area contributed by atoms with Crippen LogP contribution in [0, 0.1) is 0 Å². The van der Waals surface area contributed by atoms with E-state index in [1.54, 1.807) is 20.4 Å². The van der Waals surface area contributed by atoms with Gasteiger partial charge in [0, 0.05) is 13.7 Å². The molecule has 0 spiro atoms. The lowest BCUT2D eigenvalue weighted by molar-refractivity contribution is -0.0324. The average Bonchev–Trinajstić information content (AvgIpc) is 2.87. The number of rotatable bonds is 9. The van der Waals surface area contributed by atoms with Gasteiger partial charge in [-0.05, 0) is 26.3 Å². The molecule has 2 unspecified atom stereocenters. The third-order valence-electron chi connectivity index (χ3n) is 3.96. The molecular weight excluding hydrogens is 254 g/mol. The Labute approximate surface area is 122 Å². The Bertz CT molecular complexity index is 400. The molecule has 20 heavy (non-hydrogen) atoms. The fraction of sp³-hybridized carbons (Fsp3) is 0.800. The average molecular weight is 283 g/mol. The maximum atomic E-state index is 5.80. The maximum absolute atomic E-state index is 5.80. The van der Waals surface area contributed by atoms with E-state index < -0.39 is 0 Å². The highest BCUT2D eigenvalue weighted by Gasteiger charge is 2.37. The quantitative estimate of drug-likeness (QED) is 0.757. The van der Waals surface area contributed by atoms with Crippen molar-refractivity contribution in [3.8, 4) is 5.75 Å². The number of ether oxygens (including phenoxy) is 2. The normalized spacial score (nSPS) is 15.9. The molecule has 1 rings (SSSR count). The molecule has 0 saturated heterocycles. The zero-order valence-electron chi connectivity index (χ0n) is 13.7. The molecule has 5 heteroatoms. The van der Waals surface area contributed by atoms with E-state index in [0.29, 0.717) is 0 Å². The predicted molar refractivity (Wildman–Crippen MR) is 81.2 cm³/mol. The van der Waals surface area contributed by atoms with Crippen molar-refractivity contribution < 1.29 is 9.47 Å². The van der Waals surface area contributed by atoms with Gasteiger partial charge in [0.15, 0.2) is 5.75 Å². The molecule has 0 bridgehead atoms. The van der Waals surface area contributed by atoms with Crippen LogP contribution < -0.4 is 10.1 Å². The van der Waals surface area contributed by atoms with E-state index in [0.717, 1.165) is 37.4 Å². The Morgan fingerprint density at radius 2 is 2.05 bits per heavy atom. The van der Waals surface area contributed by atoms with E-state index in [2.05, 4.69) is 38.1 Å². The van der Waals surface area contributed by atoms with Gasteiger partial charge in [-0.2, -0.15) is 5.10 Å². The van der Waals surface area contributed by atoms with Crippen molar-refractivity contribution in [1.29, 1.82) is 0 Å². The van der Waals surface area contributed by atoms with E-state index in [1.807, 2.05) is 4.68 Å². The third-order valence-corrected chi connectivity index (χ3v) is 3.96. The zero-order chi connectivity index (χ0) is 15.2. The number of methoxy groups -OCH3 is 2. The number of nitrogens with zero attached hydrogens (tertiary/aromatic N) is 2. The molecule has 5 nitrogen and oxygen atoms in total. The molecule has 0 amide bonds. The topological polar surface area (TPSA) is 48.3 Å². The van der Waals surface area contributed by atoms with E-state index in [4.69, 9.17) is 9.47 Å². The molecule has 0 saturated carbocycles. The standard InChI is InChI=1S/C15H29N3O2/c1-7-10-18-13(12(19-5)11-17-18)14(16-9-3)15(4,8-2)20-6/h11,14,16H,7-10H2,1-6H3. The minimum Gasteiger partial charge on any atom is -0.493 e. The van der Waals surface area contributed by atoms with Crippen LogP contribution in [0.3, 0.4) is 0 Å². The van der Waals surface area contributed by atoms with Gasteiger partial charge >= 0.3 is 0 Å². The summed E-state index contributed by atoms with van der Waals surface area (Å²) in [6, 6.07) is 0.0477. The largest absolute Gasteiger partial charge is 0.493 e. The fourth-order valence-electron chi connectivity index (χ4n) is 2.49. The lowest BCUT2D eigenvalue weighted by atomic mass is 9.90. The number of aryl methyl sites for hydroxylation is 1. The number of hydrogen-bond acceptors (Lipinski definition) is 4. The highest BCUT2D eigenvalue weighted by Crippen LogP contribution is 2.36. The Morgan fingerprint density at radius 1 is 1.35 bits per heavy atom. The zero-order valence-corrected chi connectivity index (χ0v) is 13.7. The van der Waals surface area contributed by atoms with Crippen molar-refractivity contribution in [1.82, 2.24) is 15.1 Å². The first-order valence-electron chi connectivity index (χ1n) is 7.46. The first-order valence-corrected chi connectivity index (χ1v) is 7.46. The van der Waals surface area contributed by atoms with Crippen LogP contribution in [0.2, 0.25) is 0 Å². The van der Waals surface area contributed by atoms with Gasteiger partial charge < -0.3 is 14.8 Å². The second-order valence-corrected chi connectivity index (χ2v) is 5.18. The van der Waals surface area contributed by atoms with Gasteiger partial charge in [0.1, 0.15) is 5.69 Å². The summed E-state index contributed by atoms with van der Waals surface area (Å²) in [6.07, 6.45) is 3.73. The molecule has 2 atom stereocenters. The second kappa shape index (κ2) is 7.64. The molecule has 1 aromatic rings. The van der Waals surface area contributed by atoms with Crippen LogP contribution in [0.15, 0.2) is 6.20 Å². The lowest BCUT2D eigenvalue weighted by Crippen LogP contribution is -2.44. The Hall–Kier alpha value is -1.07. The molecule has 1 N–H and O–H groups in total. The minimum atomic E-state index is -0.297. The summed E-state index contributed by atoms with van der Waals surface area (Å²) in [4.78, 5) is 0. The van der Waals surface area contributed by atoms with E-state index >= 15 is 0 Å². The van der Waals surface area contributed by atoms with Crippen molar-refractivity contribution in [3.05, 3.63) is 11.9 Å². The van der Waals surface area contributed by atoms with Crippen molar-refractivity contribution in [2.24, 2.45) is 0 Å². The first-order chi connectivity index (χ1) is 9.57. The molecule has 0 aromatic carbocycles. The highest BCUT2D eigenvalue weighted by molar-refractivity contribution is 5.30. The third kappa shape index (κ3) is 3.33. The summed E-state index contributed by atoms with van der Waals surface area (Å²) in [5, 5.41) is 7.99. The Kier molecular flexibility index (Phi) is 6.49. The molecule has 0 aliphatic carbocycles. The lowest BCUT2D eigenvalue weighted by Gasteiger charge is -2.36. The summed E-state index contributed by atoms with van der Waals surface area (Å²) < 4.78 is 13.3. The fourth-order valence-corrected chi connectivity index (χ4v) is 2.49. The van der Waals surface area contributed by atoms with Gasteiger partial charge in [-0.15, -0.1) is 0 Å². The van der Waals surface area contributed by atoms with Crippen LogP contribution in [-0.4, -0.2) is 36.1 Å². The SMILES string of the molecule is CCCn1ncc(OC)c1C(NCC)C(C)(CC)OC. The van der Waals surface area contributed by atoms with Gasteiger partial charge in [-0.25, -0.2) is 0 Å². The van der Waals surface area contributed by atoms with Gasteiger partial charge in [0.05, 0.1) is 24.9 Å². The number of aromatic nitrogens is 2. The molecule has 0 aliphatic heterocycles. The van der Waals surface area contributed by atoms with Crippen LogP contribution in [0.5, 0.6) is 5.75 Å². The van der Waals surface area contributed by atoms with E-state index in [9.17, 15) is 0 Å². The summed E-state index contributed by atoms with van der Waals surface area (Å²) in [5.74, 6) is 0.820. The van der Waals surface area contributed by atoms with Crippen molar-refractivity contribution in [3.63, 3.8) is 0 Å². The van der Waals surface area contributed by atoms with Crippen LogP contribution in [0.25, 0.3) is 0 Å². The number of nitrogens with one attached hydrogen (secondary N) is 1. The smallest absolute Gasteiger partial charge is 0.161 e.